The normalized spacial score (nSPS) is 11.1. The molecule has 6 nitrogen and oxygen atoms in total. The molecule has 2 amide bonds. The van der Waals surface area contributed by atoms with Gasteiger partial charge in [-0.25, -0.2) is 0 Å². The number of nitrogens with one attached hydrogen (secondary N) is 2. The number of alkyl halides is 4. The molecular formula is C19H15ClF4N2O4. The van der Waals surface area contributed by atoms with E-state index in [0.717, 1.165) is 24.3 Å². The molecule has 0 radical (unpaired) electrons. The van der Waals surface area contributed by atoms with E-state index in [2.05, 4.69) is 20.1 Å². The highest BCUT2D eigenvalue weighted by molar-refractivity contribution is 6.31. The third-order valence-electron chi connectivity index (χ3n) is 3.39. The van der Waals surface area contributed by atoms with Crippen LogP contribution >= 0.6 is 11.6 Å². The van der Waals surface area contributed by atoms with Crippen molar-refractivity contribution in [2.45, 2.75) is 20.1 Å². The number of halogens is 5. The average Bonchev–Trinajstić information content (AvgIpc) is 2.62. The van der Waals surface area contributed by atoms with Gasteiger partial charge in [-0.1, -0.05) is 11.6 Å². The Morgan fingerprint density at radius 1 is 0.967 bits per heavy atom. The van der Waals surface area contributed by atoms with Gasteiger partial charge >= 0.3 is 13.2 Å². The van der Waals surface area contributed by atoms with Crippen molar-refractivity contribution >= 4 is 40.9 Å². The van der Waals surface area contributed by atoms with Crippen LogP contribution in [0.5, 0.6) is 11.5 Å². The summed E-state index contributed by atoms with van der Waals surface area (Å²) in [5.74, 6) is -1.90. The molecule has 160 valence electrons. The summed E-state index contributed by atoms with van der Waals surface area (Å²) in [5, 5.41) is 5.30. The molecule has 0 aliphatic carbocycles. The number of carbonyl (C=O) groups excluding carboxylic acids is 2. The minimum absolute atomic E-state index is 0.0141. The van der Waals surface area contributed by atoms with Crippen molar-refractivity contribution in [1.82, 2.24) is 0 Å². The van der Waals surface area contributed by atoms with Gasteiger partial charge < -0.3 is 20.1 Å². The highest BCUT2D eigenvalue weighted by Crippen LogP contribution is 2.29. The SMILES string of the molecule is CC(=O)Nc1ccc(Cl)cc1NC(=O)C=Cc1ccc(OC(F)F)cc1OC(F)F. The Labute approximate surface area is 173 Å². The second-order valence-corrected chi connectivity index (χ2v) is 6.09. The van der Waals surface area contributed by atoms with Crippen molar-refractivity contribution in [3.8, 4) is 11.5 Å². The second-order valence-electron chi connectivity index (χ2n) is 5.65. The summed E-state index contributed by atoms with van der Waals surface area (Å²) in [7, 11) is 0. The molecule has 2 N–H and O–H groups in total. The lowest BCUT2D eigenvalue weighted by atomic mass is 10.1. The zero-order chi connectivity index (χ0) is 22.3. The molecule has 0 saturated heterocycles. The molecule has 30 heavy (non-hydrogen) atoms. The number of amides is 2. The smallest absolute Gasteiger partial charge is 0.387 e. The molecule has 0 aliphatic heterocycles. The molecular weight excluding hydrogens is 432 g/mol. The van der Waals surface area contributed by atoms with Gasteiger partial charge in [0.15, 0.2) is 0 Å². The molecule has 2 aromatic carbocycles. The van der Waals surface area contributed by atoms with Crippen LogP contribution in [-0.4, -0.2) is 25.0 Å². The number of benzene rings is 2. The summed E-state index contributed by atoms with van der Waals surface area (Å²) in [4.78, 5) is 23.5. The third kappa shape index (κ3) is 7.28. The molecule has 0 aromatic heterocycles. The van der Waals surface area contributed by atoms with E-state index in [9.17, 15) is 27.2 Å². The maximum Gasteiger partial charge on any atom is 0.387 e. The van der Waals surface area contributed by atoms with E-state index in [-0.39, 0.29) is 22.9 Å². The Kier molecular flexibility index (Phi) is 8.05. The van der Waals surface area contributed by atoms with Crippen LogP contribution in [-0.2, 0) is 9.59 Å². The molecule has 0 aliphatic rings. The highest BCUT2D eigenvalue weighted by Gasteiger charge is 2.13. The van der Waals surface area contributed by atoms with Crippen molar-refractivity contribution in [1.29, 1.82) is 0 Å². The standard InChI is InChI=1S/C19H15ClF4N2O4/c1-10(27)25-14-6-4-12(20)8-15(14)26-17(28)7-3-11-2-5-13(29-18(21)22)9-16(11)30-19(23)24/h2-9,18-19H,1H3,(H,25,27)(H,26,28). The fraction of sp³-hybridized carbons (Fsp3) is 0.158. The third-order valence-corrected chi connectivity index (χ3v) is 3.63. The van der Waals surface area contributed by atoms with Gasteiger partial charge in [0, 0.05) is 29.7 Å². The maximum absolute atomic E-state index is 12.6. The Bertz CT molecular complexity index is 954. The van der Waals surface area contributed by atoms with E-state index in [1.807, 2.05) is 0 Å². The lowest BCUT2D eigenvalue weighted by molar-refractivity contribution is -0.114. The van der Waals surface area contributed by atoms with Crippen molar-refractivity contribution in [3.05, 3.63) is 53.1 Å². The first kappa shape index (κ1) is 23.0. The molecule has 0 heterocycles. The summed E-state index contributed by atoms with van der Waals surface area (Å²) in [5.41, 5.74) is 0.515. The highest BCUT2D eigenvalue weighted by atomic mass is 35.5. The summed E-state index contributed by atoms with van der Waals surface area (Å²) in [6, 6.07) is 7.52. The summed E-state index contributed by atoms with van der Waals surface area (Å²) >= 11 is 5.89. The molecule has 0 unspecified atom stereocenters. The Morgan fingerprint density at radius 2 is 1.67 bits per heavy atom. The van der Waals surface area contributed by atoms with Crippen molar-refractivity contribution < 1.29 is 36.6 Å². The van der Waals surface area contributed by atoms with Crippen LogP contribution in [0.15, 0.2) is 42.5 Å². The Morgan fingerprint density at radius 3 is 2.30 bits per heavy atom. The number of carbonyl (C=O) groups is 2. The summed E-state index contributed by atoms with van der Waals surface area (Å²) in [6.07, 6.45) is 2.14. The van der Waals surface area contributed by atoms with E-state index in [1.54, 1.807) is 0 Å². The molecule has 2 rings (SSSR count). The van der Waals surface area contributed by atoms with Gasteiger partial charge in [-0.15, -0.1) is 0 Å². The largest absolute Gasteiger partial charge is 0.435 e. The maximum atomic E-state index is 12.6. The number of hydrogen-bond acceptors (Lipinski definition) is 4. The van der Waals surface area contributed by atoms with Crippen LogP contribution in [0.1, 0.15) is 12.5 Å². The van der Waals surface area contributed by atoms with Gasteiger partial charge in [0.05, 0.1) is 11.4 Å². The molecule has 0 saturated carbocycles. The van der Waals surface area contributed by atoms with Gasteiger partial charge in [-0.3, -0.25) is 9.59 Å². The quantitative estimate of drug-likeness (QED) is 0.434. The number of ether oxygens (including phenoxy) is 2. The van der Waals surface area contributed by atoms with Crippen LogP contribution in [0.3, 0.4) is 0 Å². The predicted molar refractivity (Wildman–Crippen MR) is 103 cm³/mol. The second kappa shape index (κ2) is 10.5. The van der Waals surface area contributed by atoms with E-state index in [0.29, 0.717) is 10.7 Å². The van der Waals surface area contributed by atoms with Gasteiger partial charge in [0.25, 0.3) is 0 Å². The number of hydrogen-bond donors (Lipinski definition) is 2. The van der Waals surface area contributed by atoms with Crippen LogP contribution in [0.25, 0.3) is 6.08 Å². The lowest BCUT2D eigenvalue weighted by Crippen LogP contribution is -2.13. The summed E-state index contributed by atoms with van der Waals surface area (Å²) < 4.78 is 58.3. The molecule has 0 spiro atoms. The van der Waals surface area contributed by atoms with Crippen molar-refractivity contribution in [2.24, 2.45) is 0 Å². The topological polar surface area (TPSA) is 76.7 Å². The van der Waals surface area contributed by atoms with Crippen LogP contribution < -0.4 is 20.1 Å². The zero-order valence-electron chi connectivity index (χ0n) is 15.3. The minimum atomic E-state index is -3.22. The fourth-order valence-corrected chi connectivity index (χ4v) is 2.46. The summed E-state index contributed by atoms with van der Waals surface area (Å²) in [6.45, 7) is -5.09. The van der Waals surface area contributed by atoms with E-state index >= 15 is 0 Å². The minimum Gasteiger partial charge on any atom is -0.435 e. The Balaban J connectivity index is 2.21. The van der Waals surface area contributed by atoms with Gasteiger partial charge in [-0.05, 0) is 36.4 Å². The first-order valence-electron chi connectivity index (χ1n) is 8.24. The molecule has 0 atom stereocenters. The first-order chi connectivity index (χ1) is 14.1. The average molecular weight is 447 g/mol. The number of anilines is 2. The van der Waals surface area contributed by atoms with E-state index < -0.39 is 24.9 Å². The molecule has 11 heteroatoms. The zero-order valence-corrected chi connectivity index (χ0v) is 16.1. The first-order valence-corrected chi connectivity index (χ1v) is 8.61. The van der Waals surface area contributed by atoms with Crippen LogP contribution in [0.4, 0.5) is 28.9 Å². The number of rotatable bonds is 8. The molecule has 0 fully saturated rings. The van der Waals surface area contributed by atoms with Crippen molar-refractivity contribution in [3.63, 3.8) is 0 Å². The Hall–Kier alpha value is -3.27. The predicted octanol–water partition coefficient (Wildman–Crippen LogP) is 5.15. The lowest BCUT2D eigenvalue weighted by Gasteiger charge is -2.12. The molecule has 2 aromatic rings. The van der Waals surface area contributed by atoms with Crippen molar-refractivity contribution in [2.75, 3.05) is 10.6 Å². The monoisotopic (exact) mass is 446 g/mol. The molecule has 0 bridgehead atoms. The fourth-order valence-electron chi connectivity index (χ4n) is 2.29. The van der Waals surface area contributed by atoms with Crippen LogP contribution in [0.2, 0.25) is 5.02 Å². The van der Waals surface area contributed by atoms with E-state index in [4.69, 9.17) is 11.6 Å². The van der Waals surface area contributed by atoms with Gasteiger partial charge in [0.1, 0.15) is 11.5 Å². The van der Waals surface area contributed by atoms with Crippen LogP contribution in [0, 0.1) is 0 Å². The van der Waals surface area contributed by atoms with Gasteiger partial charge in [0.2, 0.25) is 11.8 Å². The van der Waals surface area contributed by atoms with Gasteiger partial charge in [-0.2, -0.15) is 17.6 Å². The van der Waals surface area contributed by atoms with E-state index in [1.165, 1.54) is 31.2 Å².